The summed E-state index contributed by atoms with van der Waals surface area (Å²) in [6.07, 6.45) is 0.578. The lowest BCUT2D eigenvalue weighted by atomic mass is 10.0. The smallest absolute Gasteiger partial charge is 0.228 e. The van der Waals surface area contributed by atoms with E-state index >= 15 is 0 Å². The molecule has 24 heavy (non-hydrogen) atoms. The van der Waals surface area contributed by atoms with Crippen LogP contribution in [0, 0.1) is 0 Å². The molecule has 2 aromatic rings. The van der Waals surface area contributed by atoms with E-state index in [0.29, 0.717) is 30.7 Å². The second kappa shape index (κ2) is 9.61. The summed E-state index contributed by atoms with van der Waals surface area (Å²) in [6.45, 7) is 8.88. The van der Waals surface area contributed by atoms with E-state index in [-0.39, 0.29) is 29.9 Å². The van der Waals surface area contributed by atoms with Crippen molar-refractivity contribution in [1.82, 2.24) is 10.1 Å². The molecule has 1 aromatic heterocycles. The first kappa shape index (κ1) is 20.4. The largest absolute Gasteiger partial charge is 0.370 e. The molecule has 0 aliphatic carbocycles. The maximum atomic E-state index is 5.92. The number of nitrogens with zero attached hydrogens (tertiary/aromatic N) is 3. The Kier molecular flexibility index (Phi) is 8.17. The maximum Gasteiger partial charge on any atom is 0.228 e. The highest BCUT2D eigenvalue weighted by molar-refractivity contribution is 14.0. The molecule has 0 bridgehead atoms. The number of nitrogens with two attached hydrogens (primary N) is 1. The normalized spacial score (nSPS) is 11.7. The van der Waals surface area contributed by atoms with Crippen LogP contribution in [-0.2, 0) is 6.42 Å². The molecule has 0 unspecified atom stereocenters. The monoisotopic (exact) mass is 443 g/mol. The van der Waals surface area contributed by atoms with E-state index in [1.807, 2.05) is 26.0 Å². The van der Waals surface area contributed by atoms with E-state index in [9.17, 15) is 0 Å². The Bertz CT molecular complexity index is 667. The molecule has 0 saturated carbocycles. The average Bonchev–Trinajstić information content (AvgIpc) is 2.96. The van der Waals surface area contributed by atoms with Crippen LogP contribution in [-0.4, -0.2) is 22.6 Å². The van der Waals surface area contributed by atoms with Gasteiger partial charge >= 0.3 is 0 Å². The molecule has 0 aliphatic rings. The topological polar surface area (TPSA) is 89.3 Å². The van der Waals surface area contributed by atoms with Gasteiger partial charge in [0.15, 0.2) is 11.8 Å². The number of rotatable bonds is 6. The zero-order valence-electron chi connectivity index (χ0n) is 14.6. The first-order valence-electron chi connectivity index (χ1n) is 7.95. The van der Waals surface area contributed by atoms with Crippen molar-refractivity contribution in [1.29, 1.82) is 0 Å². The Morgan fingerprint density at radius 3 is 2.62 bits per heavy atom. The number of guanidine groups is 1. The van der Waals surface area contributed by atoms with Crippen LogP contribution in [0.1, 0.15) is 56.8 Å². The van der Waals surface area contributed by atoms with Crippen molar-refractivity contribution in [3.63, 3.8) is 0 Å². The molecule has 0 saturated heterocycles. The van der Waals surface area contributed by atoms with Crippen molar-refractivity contribution in [2.24, 2.45) is 10.7 Å². The summed E-state index contributed by atoms with van der Waals surface area (Å²) in [6, 6.07) is 8.17. The Hall–Kier alpha value is -1.64. The number of halogens is 1. The van der Waals surface area contributed by atoms with E-state index in [0.717, 1.165) is 11.5 Å². The predicted molar refractivity (Wildman–Crippen MR) is 108 cm³/mol. The molecule has 3 N–H and O–H groups in total. The third-order valence-electron chi connectivity index (χ3n) is 3.43. The second-order valence-corrected chi connectivity index (χ2v) is 6.12. The third kappa shape index (κ3) is 6.10. The van der Waals surface area contributed by atoms with Gasteiger partial charge < -0.3 is 15.6 Å². The summed E-state index contributed by atoms with van der Waals surface area (Å²) < 4.78 is 5.18. The molecule has 0 aliphatic heterocycles. The van der Waals surface area contributed by atoms with Crippen LogP contribution < -0.4 is 11.1 Å². The molecular formula is C17H26IN5O. The Balaban J connectivity index is 0.00000288. The van der Waals surface area contributed by atoms with Crippen LogP contribution in [0.5, 0.6) is 0 Å². The fourth-order valence-electron chi connectivity index (χ4n) is 2.04. The second-order valence-electron chi connectivity index (χ2n) is 6.12. The van der Waals surface area contributed by atoms with Crippen molar-refractivity contribution in [3.8, 4) is 0 Å². The Morgan fingerprint density at radius 1 is 1.25 bits per heavy atom. The minimum Gasteiger partial charge on any atom is -0.370 e. The number of hydrogen-bond donors (Lipinski definition) is 2. The summed E-state index contributed by atoms with van der Waals surface area (Å²) in [5, 5.41) is 7.03. The standard InChI is InChI=1S/C17H25N5O.HI/c1-11(2)13-6-5-7-14(10-13)20-17(18)19-9-8-15-21-16(12(3)4)22-23-15;/h5-7,10-12H,8-9H2,1-4H3,(H3,18,19,20);1H. The number of nitrogens with one attached hydrogen (secondary N) is 1. The summed E-state index contributed by atoms with van der Waals surface area (Å²) in [4.78, 5) is 8.61. The molecule has 0 amide bonds. The number of anilines is 1. The Morgan fingerprint density at radius 2 is 2.00 bits per heavy atom. The zero-order chi connectivity index (χ0) is 16.8. The highest BCUT2D eigenvalue weighted by Crippen LogP contribution is 2.18. The summed E-state index contributed by atoms with van der Waals surface area (Å²) >= 11 is 0. The maximum absolute atomic E-state index is 5.92. The van der Waals surface area contributed by atoms with E-state index in [4.69, 9.17) is 10.3 Å². The van der Waals surface area contributed by atoms with Crippen LogP contribution >= 0.6 is 24.0 Å². The van der Waals surface area contributed by atoms with Gasteiger partial charge in [0.1, 0.15) is 0 Å². The van der Waals surface area contributed by atoms with Gasteiger partial charge in [-0.05, 0) is 23.6 Å². The van der Waals surface area contributed by atoms with Gasteiger partial charge in [-0.2, -0.15) is 4.98 Å². The van der Waals surface area contributed by atoms with Crippen LogP contribution in [0.4, 0.5) is 5.69 Å². The van der Waals surface area contributed by atoms with Crippen molar-refractivity contribution in [2.75, 3.05) is 11.9 Å². The van der Waals surface area contributed by atoms with Gasteiger partial charge in [-0.1, -0.05) is 45.0 Å². The quantitative estimate of drug-likeness (QED) is 0.402. The van der Waals surface area contributed by atoms with E-state index in [2.05, 4.69) is 46.4 Å². The molecule has 0 spiro atoms. The SMILES string of the molecule is CC(C)c1cccc(NC(N)=NCCc2nc(C(C)C)no2)c1.I. The molecule has 0 fully saturated rings. The lowest BCUT2D eigenvalue weighted by Gasteiger charge is -2.09. The van der Waals surface area contributed by atoms with Gasteiger partial charge in [0, 0.05) is 18.0 Å². The van der Waals surface area contributed by atoms with Crippen LogP contribution in [0.3, 0.4) is 0 Å². The van der Waals surface area contributed by atoms with E-state index in [1.165, 1.54) is 5.56 Å². The summed E-state index contributed by atoms with van der Waals surface area (Å²) in [5.74, 6) is 2.43. The van der Waals surface area contributed by atoms with Crippen molar-refractivity contribution in [2.45, 2.75) is 46.0 Å². The highest BCUT2D eigenvalue weighted by atomic mass is 127. The lowest BCUT2D eigenvalue weighted by molar-refractivity contribution is 0.372. The highest BCUT2D eigenvalue weighted by Gasteiger charge is 2.09. The lowest BCUT2D eigenvalue weighted by Crippen LogP contribution is -2.23. The minimum absolute atomic E-state index is 0. The molecule has 0 radical (unpaired) electrons. The number of hydrogen-bond acceptors (Lipinski definition) is 4. The number of aromatic nitrogens is 2. The molecule has 1 aromatic carbocycles. The summed E-state index contributed by atoms with van der Waals surface area (Å²) in [5.41, 5.74) is 8.12. The third-order valence-corrected chi connectivity index (χ3v) is 3.43. The molecule has 0 atom stereocenters. The summed E-state index contributed by atoms with van der Waals surface area (Å²) in [7, 11) is 0. The zero-order valence-corrected chi connectivity index (χ0v) is 16.9. The average molecular weight is 443 g/mol. The van der Waals surface area contributed by atoms with Gasteiger partial charge in [0.05, 0.1) is 6.54 Å². The molecule has 2 rings (SSSR count). The molecular weight excluding hydrogens is 417 g/mol. The fourth-order valence-corrected chi connectivity index (χ4v) is 2.04. The number of aliphatic imine (C=N–C) groups is 1. The molecule has 132 valence electrons. The van der Waals surface area contributed by atoms with Crippen molar-refractivity contribution >= 4 is 35.6 Å². The van der Waals surface area contributed by atoms with Crippen molar-refractivity contribution in [3.05, 3.63) is 41.5 Å². The van der Waals surface area contributed by atoms with Gasteiger partial charge in [0.2, 0.25) is 5.89 Å². The van der Waals surface area contributed by atoms with E-state index in [1.54, 1.807) is 0 Å². The van der Waals surface area contributed by atoms with Crippen LogP contribution in [0.15, 0.2) is 33.8 Å². The molecule has 6 nitrogen and oxygen atoms in total. The fraction of sp³-hybridized carbons (Fsp3) is 0.471. The van der Waals surface area contributed by atoms with Crippen molar-refractivity contribution < 1.29 is 4.52 Å². The van der Waals surface area contributed by atoms with E-state index < -0.39 is 0 Å². The van der Waals surface area contributed by atoms with Gasteiger partial charge in [0.25, 0.3) is 0 Å². The van der Waals surface area contributed by atoms with Gasteiger partial charge in [-0.3, -0.25) is 4.99 Å². The number of benzene rings is 1. The Labute approximate surface area is 160 Å². The van der Waals surface area contributed by atoms with Crippen LogP contribution in [0.2, 0.25) is 0 Å². The van der Waals surface area contributed by atoms with Gasteiger partial charge in [-0.15, -0.1) is 24.0 Å². The predicted octanol–water partition coefficient (Wildman–Crippen LogP) is 3.90. The minimum atomic E-state index is 0. The first-order valence-corrected chi connectivity index (χ1v) is 7.95. The van der Waals surface area contributed by atoms with Gasteiger partial charge in [-0.25, -0.2) is 0 Å². The van der Waals surface area contributed by atoms with Crippen LogP contribution in [0.25, 0.3) is 0 Å². The first-order chi connectivity index (χ1) is 11.0. The molecule has 1 heterocycles. The molecule has 7 heteroatoms.